The fraction of sp³-hybridized carbons (Fsp3) is 0.529. The molecule has 1 aromatic carbocycles. The smallest absolute Gasteiger partial charge is 0.328 e. The zero-order valence-electron chi connectivity index (χ0n) is 13.3. The van der Waals surface area contributed by atoms with Crippen LogP contribution in [0.3, 0.4) is 0 Å². The highest BCUT2D eigenvalue weighted by atomic mass is 16.5. The van der Waals surface area contributed by atoms with Crippen LogP contribution in [0.1, 0.15) is 29.5 Å². The molecule has 22 heavy (non-hydrogen) atoms. The van der Waals surface area contributed by atoms with Crippen molar-refractivity contribution in [1.29, 1.82) is 0 Å². The van der Waals surface area contributed by atoms with E-state index in [9.17, 15) is 9.59 Å². The Bertz CT molecular complexity index is 550. The van der Waals surface area contributed by atoms with Gasteiger partial charge in [-0.2, -0.15) is 0 Å². The average Bonchev–Trinajstić information content (AvgIpc) is 3.03. The first kappa shape index (κ1) is 16.5. The summed E-state index contributed by atoms with van der Waals surface area (Å²) >= 11 is 0. The van der Waals surface area contributed by atoms with E-state index in [2.05, 4.69) is 5.32 Å². The van der Waals surface area contributed by atoms with Gasteiger partial charge in [0.15, 0.2) is 0 Å². The van der Waals surface area contributed by atoms with Gasteiger partial charge in [0, 0.05) is 13.0 Å². The van der Waals surface area contributed by atoms with Crippen molar-refractivity contribution in [3.8, 4) is 0 Å². The summed E-state index contributed by atoms with van der Waals surface area (Å²) in [7, 11) is 1.33. The summed E-state index contributed by atoms with van der Waals surface area (Å²) in [6.45, 7) is 4.66. The number of esters is 1. The number of hydrogen-bond acceptors (Lipinski definition) is 4. The highest BCUT2D eigenvalue weighted by molar-refractivity contribution is 5.87. The van der Waals surface area contributed by atoms with Gasteiger partial charge in [0.2, 0.25) is 5.91 Å². The van der Waals surface area contributed by atoms with E-state index in [1.165, 1.54) is 12.7 Å². The Balaban J connectivity index is 2.06. The van der Waals surface area contributed by atoms with Crippen LogP contribution in [0.4, 0.5) is 0 Å². The first-order valence-corrected chi connectivity index (χ1v) is 7.57. The highest BCUT2D eigenvalue weighted by Crippen LogP contribution is 2.14. The molecule has 1 fully saturated rings. The first-order chi connectivity index (χ1) is 10.5. The monoisotopic (exact) mass is 305 g/mol. The zero-order valence-corrected chi connectivity index (χ0v) is 13.3. The van der Waals surface area contributed by atoms with Crippen LogP contribution < -0.4 is 5.32 Å². The standard InChI is InChI=1S/C17H23NO4/c1-11-6-7-13(9-12(11)2)10-14(17(20)21-3)18-16(19)15-5-4-8-22-15/h6-7,9,14-15H,4-5,8,10H2,1-3H3,(H,18,19)/t14-,15-/m1/s1. The lowest BCUT2D eigenvalue weighted by molar-refractivity contribution is -0.146. The SMILES string of the molecule is COC(=O)[C@@H](Cc1ccc(C)c(C)c1)NC(=O)[C@H]1CCCO1. The van der Waals surface area contributed by atoms with Crippen LogP contribution in [0.5, 0.6) is 0 Å². The van der Waals surface area contributed by atoms with E-state index in [-0.39, 0.29) is 5.91 Å². The van der Waals surface area contributed by atoms with Crippen molar-refractivity contribution >= 4 is 11.9 Å². The summed E-state index contributed by atoms with van der Waals surface area (Å²) in [5.74, 6) is -0.679. The second kappa shape index (κ2) is 7.40. The number of nitrogens with one attached hydrogen (secondary N) is 1. The van der Waals surface area contributed by atoms with Gasteiger partial charge in [-0.1, -0.05) is 18.2 Å². The molecule has 1 amide bonds. The van der Waals surface area contributed by atoms with Crippen LogP contribution in [0, 0.1) is 13.8 Å². The molecular formula is C17H23NO4. The molecule has 0 aromatic heterocycles. The van der Waals surface area contributed by atoms with Crippen LogP contribution in [-0.4, -0.2) is 37.7 Å². The number of benzene rings is 1. The molecule has 5 nitrogen and oxygen atoms in total. The molecule has 0 bridgehead atoms. The van der Waals surface area contributed by atoms with Crippen LogP contribution in [0.25, 0.3) is 0 Å². The van der Waals surface area contributed by atoms with E-state index >= 15 is 0 Å². The van der Waals surface area contributed by atoms with Crippen LogP contribution in [-0.2, 0) is 25.5 Å². The Morgan fingerprint density at radius 2 is 2.14 bits per heavy atom. The van der Waals surface area contributed by atoms with E-state index in [0.29, 0.717) is 19.4 Å². The molecule has 1 aliphatic heterocycles. The van der Waals surface area contributed by atoms with Crippen molar-refractivity contribution in [3.63, 3.8) is 0 Å². The van der Waals surface area contributed by atoms with Gasteiger partial charge in [0.1, 0.15) is 12.1 Å². The van der Waals surface area contributed by atoms with Crippen LogP contribution in [0.2, 0.25) is 0 Å². The molecule has 2 rings (SSSR count). The molecule has 1 N–H and O–H groups in total. The topological polar surface area (TPSA) is 64.6 Å². The largest absolute Gasteiger partial charge is 0.467 e. The molecular weight excluding hydrogens is 282 g/mol. The highest BCUT2D eigenvalue weighted by Gasteiger charge is 2.29. The fourth-order valence-corrected chi connectivity index (χ4v) is 2.55. The molecule has 0 unspecified atom stereocenters. The molecule has 0 aliphatic carbocycles. The van der Waals surface area contributed by atoms with Crippen molar-refractivity contribution < 1.29 is 19.1 Å². The quantitative estimate of drug-likeness (QED) is 0.841. The molecule has 0 saturated carbocycles. The van der Waals surface area contributed by atoms with E-state index in [4.69, 9.17) is 9.47 Å². The third-order valence-electron chi connectivity index (χ3n) is 4.04. The Morgan fingerprint density at radius 3 is 2.73 bits per heavy atom. The van der Waals surface area contributed by atoms with Crippen molar-refractivity contribution in [1.82, 2.24) is 5.32 Å². The maximum Gasteiger partial charge on any atom is 0.328 e. The normalized spacial score (nSPS) is 18.8. The minimum absolute atomic E-state index is 0.239. The summed E-state index contributed by atoms with van der Waals surface area (Å²) in [6.07, 6.45) is 1.53. The van der Waals surface area contributed by atoms with Gasteiger partial charge in [-0.25, -0.2) is 4.79 Å². The Morgan fingerprint density at radius 1 is 1.36 bits per heavy atom. The summed E-state index contributed by atoms with van der Waals surface area (Å²) in [5, 5.41) is 2.75. The maximum atomic E-state index is 12.1. The maximum absolute atomic E-state index is 12.1. The van der Waals surface area contributed by atoms with Gasteiger partial charge in [-0.05, 0) is 43.4 Å². The van der Waals surface area contributed by atoms with Gasteiger partial charge < -0.3 is 14.8 Å². The number of aryl methyl sites for hydroxylation is 2. The molecule has 2 atom stereocenters. The van der Waals surface area contributed by atoms with Crippen molar-refractivity contribution in [2.45, 2.75) is 45.3 Å². The molecule has 1 aliphatic rings. The molecule has 120 valence electrons. The number of carbonyl (C=O) groups excluding carboxylic acids is 2. The second-order valence-electron chi connectivity index (χ2n) is 5.71. The lowest BCUT2D eigenvalue weighted by atomic mass is 10.0. The minimum Gasteiger partial charge on any atom is -0.467 e. The zero-order chi connectivity index (χ0) is 16.1. The summed E-state index contributed by atoms with van der Waals surface area (Å²) in [4.78, 5) is 24.1. The number of ether oxygens (including phenoxy) is 2. The van der Waals surface area contributed by atoms with Gasteiger partial charge in [0.05, 0.1) is 7.11 Å². The number of hydrogen-bond donors (Lipinski definition) is 1. The molecule has 0 radical (unpaired) electrons. The Labute approximate surface area is 131 Å². The van der Waals surface area contributed by atoms with Gasteiger partial charge in [0.25, 0.3) is 0 Å². The second-order valence-corrected chi connectivity index (χ2v) is 5.71. The van der Waals surface area contributed by atoms with Crippen LogP contribution in [0.15, 0.2) is 18.2 Å². The van der Waals surface area contributed by atoms with E-state index in [1.54, 1.807) is 0 Å². The Kier molecular flexibility index (Phi) is 5.55. The van der Waals surface area contributed by atoms with Crippen molar-refractivity contribution in [2.75, 3.05) is 13.7 Å². The first-order valence-electron chi connectivity index (χ1n) is 7.57. The molecule has 1 aromatic rings. The molecule has 0 spiro atoms. The molecule has 1 heterocycles. The van der Waals surface area contributed by atoms with E-state index < -0.39 is 18.1 Å². The van der Waals surface area contributed by atoms with Gasteiger partial charge in [-0.15, -0.1) is 0 Å². The number of amides is 1. The van der Waals surface area contributed by atoms with Crippen molar-refractivity contribution in [2.24, 2.45) is 0 Å². The van der Waals surface area contributed by atoms with Crippen LogP contribution >= 0.6 is 0 Å². The minimum atomic E-state index is -0.691. The number of carbonyl (C=O) groups is 2. The summed E-state index contributed by atoms with van der Waals surface area (Å²) < 4.78 is 10.2. The molecule has 5 heteroatoms. The fourth-order valence-electron chi connectivity index (χ4n) is 2.55. The third kappa shape index (κ3) is 4.07. The van der Waals surface area contributed by atoms with E-state index in [0.717, 1.165) is 17.5 Å². The molecule has 1 saturated heterocycles. The van der Waals surface area contributed by atoms with E-state index in [1.807, 2.05) is 32.0 Å². The average molecular weight is 305 g/mol. The Hall–Kier alpha value is -1.88. The lowest BCUT2D eigenvalue weighted by Crippen LogP contribution is -2.47. The van der Waals surface area contributed by atoms with Gasteiger partial charge >= 0.3 is 5.97 Å². The van der Waals surface area contributed by atoms with Gasteiger partial charge in [-0.3, -0.25) is 4.79 Å². The predicted octanol–water partition coefficient (Wildman–Crippen LogP) is 1.68. The summed E-state index contributed by atoms with van der Waals surface area (Å²) in [5.41, 5.74) is 3.35. The third-order valence-corrected chi connectivity index (χ3v) is 4.04. The van der Waals surface area contributed by atoms with Crippen molar-refractivity contribution in [3.05, 3.63) is 34.9 Å². The number of methoxy groups -OCH3 is 1. The summed E-state index contributed by atoms with van der Waals surface area (Å²) in [6, 6.07) is 5.32. The lowest BCUT2D eigenvalue weighted by Gasteiger charge is -2.19. The number of rotatable bonds is 5. The predicted molar refractivity (Wildman–Crippen MR) is 82.5 cm³/mol.